The Kier molecular flexibility index (Phi) is 5.54. The van der Waals surface area contributed by atoms with Gasteiger partial charge in [0.15, 0.2) is 0 Å². The molecule has 9 nitrogen and oxygen atoms in total. The number of aromatic nitrogens is 2. The number of H-pyrrole nitrogens is 1. The van der Waals surface area contributed by atoms with Gasteiger partial charge in [0, 0.05) is 19.2 Å². The normalized spacial score (nSPS) is 28.8. The van der Waals surface area contributed by atoms with Crippen LogP contribution in [-0.4, -0.2) is 60.3 Å². The molecule has 10 heteroatoms. The summed E-state index contributed by atoms with van der Waals surface area (Å²) in [5.41, 5.74) is -0.938. The van der Waals surface area contributed by atoms with Crippen molar-refractivity contribution in [2.24, 2.45) is 0 Å². The number of ether oxygens (including phenoxy) is 2. The van der Waals surface area contributed by atoms with Crippen LogP contribution in [-0.2, 0) is 14.8 Å². The van der Waals surface area contributed by atoms with Gasteiger partial charge < -0.3 is 19.7 Å². The van der Waals surface area contributed by atoms with Crippen molar-refractivity contribution < 1.29 is 28.1 Å². The Hall–Kier alpha value is -1.98. The molecule has 0 aliphatic carbocycles. The average molecular weight is 397 g/mol. The molecule has 0 unspecified atom stereocenters. The smallest absolute Gasteiger partial charge is 0.243 e. The van der Waals surface area contributed by atoms with Gasteiger partial charge in [-0.1, -0.05) is 12.1 Å². The van der Waals surface area contributed by atoms with E-state index in [2.05, 4.69) is 14.9 Å². The molecule has 0 saturated carbocycles. The zero-order valence-corrected chi connectivity index (χ0v) is 15.8. The lowest BCUT2D eigenvalue weighted by Gasteiger charge is -2.44. The Labute approximate surface area is 157 Å². The van der Waals surface area contributed by atoms with Crippen molar-refractivity contribution in [2.45, 2.75) is 42.2 Å². The molecule has 0 amide bonds. The lowest BCUT2D eigenvalue weighted by Crippen LogP contribution is -2.59. The largest absolute Gasteiger partial charge is 0.497 e. The first-order valence-electron chi connectivity index (χ1n) is 8.43. The van der Waals surface area contributed by atoms with E-state index in [0.717, 1.165) is 11.8 Å². The van der Waals surface area contributed by atoms with Crippen molar-refractivity contribution in [3.8, 4) is 5.75 Å². The maximum absolute atomic E-state index is 12.3. The first kappa shape index (κ1) is 19.8. The summed E-state index contributed by atoms with van der Waals surface area (Å²) in [4.78, 5) is -0.0509. The molecular formula is C17H23N3O6S. The van der Waals surface area contributed by atoms with E-state index in [1.807, 2.05) is 6.07 Å². The van der Waals surface area contributed by atoms with Crippen LogP contribution in [0.4, 0.5) is 0 Å². The summed E-state index contributed by atoms with van der Waals surface area (Å²) in [6.07, 6.45) is -0.0746. The fraction of sp³-hybridized carbons (Fsp3) is 0.471. The van der Waals surface area contributed by atoms with Crippen LogP contribution in [0, 0.1) is 0 Å². The molecule has 27 heavy (non-hydrogen) atoms. The Balaban J connectivity index is 1.79. The van der Waals surface area contributed by atoms with Gasteiger partial charge >= 0.3 is 0 Å². The summed E-state index contributed by atoms with van der Waals surface area (Å²) >= 11 is 0. The molecule has 4 N–H and O–H groups in total. The second-order valence-corrected chi connectivity index (χ2v) is 8.38. The minimum atomic E-state index is -3.86. The molecule has 0 spiro atoms. The zero-order chi connectivity index (χ0) is 19.7. The lowest BCUT2D eigenvalue weighted by atomic mass is 9.82. The van der Waals surface area contributed by atoms with Gasteiger partial charge in [-0.05, 0) is 24.6 Å². The topological polar surface area (TPSA) is 134 Å². The molecule has 1 saturated heterocycles. The standard InChI is InChI=1S/C17H23N3O6S/c1-11-16(21)17(22,10-20-27(23,24)14-8-18-19-9-14)7-15(26-11)12-4-3-5-13(6-12)25-2/h3-6,8-9,11,15-16,20-22H,7,10H2,1-2H3,(H,18,19)/t11-,15-,16-,17-/m1/s1. The van der Waals surface area contributed by atoms with Gasteiger partial charge in [0.05, 0.1) is 25.5 Å². The second-order valence-electron chi connectivity index (χ2n) is 6.62. The lowest BCUT2D eigenvalue weighted by molar-refractivity contribution is -0.209. The highest BCUT2D eigenvalue weighted by atomic mass is 32.2. The van der Waals surface area contributed by atoms with Crippen LogP contribution in [0.15, 0.2) is 41.6 Å². The second kappa shape index (κ2) is 7.56. The highest BCUT2D eigenvalue weighted by molar-refractivity contribution is 7.89. The number of hydrogen-bond acceptors (Lipinski definition) is 7. The Bertz CT molecular complexity index is 873. The van der Waals surface area contributed by atoms with Crippen LogP contribution in [0.25, 0.3) is 0 Å². The van der Waals surface area contributed by atoms with E-state index < -0.39 is 33.9 Å². The Morgan fingerprint density at radius 2 is 2.26 bits per heavy atom. The maximum Gasteiger partial charge on any atom is 0.243 e. The van der Waals surface area contributed by atoms with Gasteiger partial charge in [0.2, 0.25) is 10.0 Å². The molecule has 2 aromatic rings. The quantitative estimate of drug-likeness (QED) is 0.552. The van der Waals surface area contributed by atoms with Gasteiger partial charge in [-0.2, -0.15) is 5.10 Å². The SMILES string of the molecule is COc1cccc([C@H]2C[C@@](O)(CNS(=O)(=O)c3cn[nH]c3)[C@H](O)[C@@H](C)O2)c1. The van der Waals surface area contributed by atoms with Gasteiger partial charge in [-0.3, -0.25) is 5.10 Å². The first-order chi connectivity index (χ1) is 12.7. The van der Waals surface area contributed by atoms with Crippen LogP contribution in [0.3, 0.4) is 0 Å². The van der Waals surface area contributed by atoms with E-state index in [1.54, 1.807) is 32.2 Å². The van der Waals surface area contributed by atoms with Gasteiger partial charge in [0.25, 0.3) is 0 Å². The summed E-state index contributed by atoms with van der Waals surface area (Å²) in [5, 5.41) is 27.5. The molecule has 1 aliphatic heterocycles. The molecule has 3 rings (SSSR count). The van der Waals surface area contributed by atoms with Crippen molar-refractivity contribution in [3.63, 3.8) is 0 Å². The third-order valence-corrected chi connectivity index (χ3v) is 6.10. The summed E-state index contributed by atoms with van der Waals surface area (Å²) in [6.45, 7) is 1.27. The molecule has 2 heterocycles. The van der Waals surface area contributed by atoms with Gasteiger partial charge in [-0.15, -0.1) is 0 Å². The Morgan fingerprint density at radius 1 is 1.48 bits per heavy atom. The number of rotatable bonds is 6. The van der Waals surface area contributed by atoms with Crippen LogP contribution in [0.2, 0.25) is 0 Å². The molecule has 1 aliphatic rings. The van der Waals surface area contributed by atoms with Crippen molar-refractivity contribution in [2.75, 3.05) is 13.7 Å². The average Bonchev–Trinajstić information content (AvgIpc) is 3.20. The van der Waals surface area contributed by atoms with Crippen LogP contribution >= 0.6 is 0 Å². The number of aromatic amines is 1. The number of aliphatic hydroxyl groups excluding tert-OH is 1. The molecule has 1 fully saturated rings. The molecule has 148 valence electrons. The third kappa shape index (κ3) is 4.14. The number of methoxy groups -OCH3 is 1. The van der Waals surface area contributed by atoms with Gasteiger partial charge in [-0.25, -0.2) is 13.1 Å². The summed E-state index contributed by atoms with van der Waals surface area (Å²) in [5.74, 6) is 0.638. The number of sulfonamides is 1. The molecule has 0 radical (unpaired) electrons. The van der Waals surface area contributed by atoms with Crippen molar-refractivity contribution in [1.29, 1.82) is 0 Å². The van der Waals surface area contributed by atoms with E-state index in [9.17, 15) is 18.6 Å². The summed E-state index contributed by atoms with van der Waals surface area (Å²) in [7, 11) is -2.31. The van der Waals surface area contributed by atoms with E-state index in [-0.39, 0.29) is 17.9 Å². The van der Waals surface area contributed by atoms with Crippen LogP contribution in [0.1, 0.15) is 25.0 Å². The molecule has 1 aromatic heterocycles. The van der Waals surface area contributed by atoms with E-state index in [1.165, 1.54) is 6.20 Å². The fourth-order valence-electron chi connectivity index (χ4n) is 3.16. The van der Waals surface area contributed by atoms with Crippen molar-refractivity contribution in [3.05, 3.63) is 42.2 Å². The Morgan fingerprint density at radius 3 is 2.93 bits per heavy atom. The van der Waals surface area contributed by atoms with Crippen molar-refractivity contribution >= 4 is 10.0 Å². The number of benzene rings is 1. The number of aliphatic hydroxyl groups is 2. The number of nitrogens with zero attached hydrogens (tertiary/aromatic N) is 1. The zero-order valence-electron chi connectivity index (χ0n) is 15.0. The van der Waals surface area contributed by atoms with E-state index >= 15 is 0 Å². The third-order valence-electron chi connectivity index (χ3n) is 4.73. The van der Waals surface area contributed by atoms with Crippen LogP contribution < -0.4 is 9.46 Å². The molecule has 4 atom stereocenters. The fourth-order valence-corrected chi connectivity index (χ4v) is 4.17. The monoisotopic (exact) mass is 397 g/mol. The summed E-state index contributed by atoms with van der Waals surface area (Å²) < 4.78 is 38.0. The molecular weight excluding hydrogens is 374 g/mol. The van der Waals surface area contributed by atoms with E-state index in [4.69, 9.17) is 9.47 Å². The van der Waals surface area contributed by atoms with Crippen molar-refractivity contribution in [1.82, 2.24) is 14.9 Å². The number of nitrogens with one attached hydrogen (secondary N) is 2. The predicted octanol–water partition coefficient (Wildman–Crippen LogP) is 0.339. The summed E-state index contributed by atoms with van der Waals surface area (Å²) in [6, 6.07) is 7.20. The number of hydrogen-bond donors (Lipinski definition) is 4. The predicted molar refractivity (Wildman–Crippen MR) is 95.6 cm³/mol. The van der Waals surface area contributed by atoms with Crippen LogP contribution in [0.5, 0.6) is 5.75 Å². The van der Waals surface area contributed by atoms with Gasteiger partial charge in [0.1, 0.15) is 22.4 Å². The highest BCUT2D eigenvalue weighted by Crippen LogP contribution is 2.38. The highest BCUT2D eigenvalue weighted by Gasteiger charge is 2.47. The molecule has 0 bridgehead atoms. The minimum absolute atomic E-state index is 0.0135. The first-order valence-corrected chi connectivity index (χ1v) is 9.92. The minimum Gasteiger partial charge on any atom is -0.497 e. The van der Waals surface area contributed by atoms with E-state index in [0.29, 0.717) is 5.75 Å². The maximum atomic E-state index is 12.3. The molecule has 1 aromatic carbocycles.